The molecule has 2 N–H and O–H groups in total. The summed E-state index contributed by atoms with van der Waals surface area (Å²) in [5.74, 6) is 1.13. The minimum absolute atomic E-state index is 0.590. The van der Waals surface area contributed by atoms with Crippen LogP contribution in [0.5, 0.6) is 0 Å². The minimum atomic E-state index is 0.590. The van der Waals surface area contributed by atoms with Crippen molar-refractivity contribution in [2.24, 2.45) is 0 Å². The minimum Gasteiger partial charge on any atom is -0.341 e. The Hall–Kier alpha value is -1.56. The van der Waals surface area contributed by atoms with Crippen LogP contribution in [0.4, 0.5) is 11.5 Å². The number of aromatic nitrogens is 1. The van der Waals surface area contributed by atoms with Crippen molar-refractivity contribution in [2.75, 3.05) is 36.4 Å². The van der Waals surface area contributed by atoms with E-state index in [1.54, 1.807) is 6.07 Å². The first-order chi connectivity index (χ1) is 11.1. The quantitative estimate of drug-likeness (QED) is 0.825. The number of hydrogen-bond donors (Lipinski definition) is 1. The molecule has 0 aliphatic carbocycles. The predicted octanol–water partition coefficient (Wildman–Crippen LogP) is 3.33. The number of rotatable bonds is 2. The van der Waals surface area contributed by atoms with Gasteiger partial charge in [-0.15, -0.1) is 0 Å². The number of benzene rings is 1. The molecule has 1 fully saturated rings. The fraction of sp³-hybridized carbons (Fsp3) is 0.250. The highest BCUT2D eigenvalue weighted by Gasteiger charge is 2.24. The molecule has 0 spiro atoms. The fourth-order valence-corrected chi connectivity index (χ4v) is 3.39. The molecule has 0 saturated carbocycles. The molecule has 7 heteroatoms. The molecule has 1 aliphatic rings. The summed E-state index contributed by atoms with van der Waals surface area (Å²) in [6, 6.07) is 11.4. The third-order valence-corrected chi connectivity index (χ3v) is 4.51. The van der Waals surface area contributed by atoms with Gasteiger partial charge in [-0.25, -0.2) is 4.98 Å². The summed E-state index contributed by atoms with van der Waals surface area (Å²) in [7, 11) is 0. The van der Waals surface area contributed by atoms with Gasteiger partial charge in [-0.3, -0.25) is 4.90 Å². The Kier molecular flexibility index (Phi) is 5.20. The predicted molar refractivity (Wildman–Crippen MR) is 99.5 cm³/mol. The average Bonchev–Trinajstić information content (AvgIpc) is 2.55. The van der Waals surface area contributed by atoms with E-state index in [0.717, 1.165) is 37.7 Å². The monoisotopic (exact) mass is 367 g/mol. The van der Waals surface area contributed by atoms with E-state index in [-0.39, 0.29) is 0 Å². The van der Waals surface area contributed by atoms with Crippen LogP contribution in [0.25, 0.3) is 0 Å². The number of hydrogen-bond acceptors (Lipinski definition) is 2. The fourth-order valence-electron chi connectivity index (χ4n) is 2.56. The van der Waals surface area contributed by atoms with E-state index in [2.05, 4.69) is 26.2 Å². The summed E-state index contributed by atoms with van der Waals surface area (Å²) in [4.78, 5) is 7.74. The molecule has 0 bridgehead atoms. The van der Waals surface area contributed by atoms with Crippen LogP contribution in [0.2, 0.25) is 10.0 Å². The second-order valence-corrected chi connectivity index (χ2v) is 6.57. The second kappa shape index (κ2) is 7.34. The van der Waals surface area contributed by atoms with Gasteiger partial charge in [0.1, 0.15) is 13.1 Å². The summed E-state index contributed by atoms with van der Waals surface area (Å²) >= 11 is 17.5. The zero-order chi connectivity index (χ0) is 16.2. The average molecular weight is 368 g/mol. The third-order valence-electron chi connectivity index (χ3n) is 3.71. The maximum Gasteiger partial charge on any atom is 0.274 e. The van der Waals surface area contributed by atoms with Gasteiger partial charge >= 0.3 is 0 Å². The molecule has 2 heterocycles. The Morgan fingerprint density at radius 3 is 2.35 bits per heavy atom. The van der Waals surface area contributed by atoms with Gasteiger partial charge in [-0.05, 0) is 36.5 Å². The van der Waals surface area contributed by atoms with Gasteiger partial charge in [0.15, 0.2) is 5.11 Å². The third kappa shape index (κ3) is 4.25. The highest BCUT2D eigenvalue weighted by atomic mass is 35.5. The van der Waals surface area contributed by atoms with Crippen LogP contribution in [-0.2, 0) is 0 Å². The van der Waals surface area contributed by atoms with Crippen LogP contribution >= 0.6 is 35.4 Å². The zero-order valence-electron chi connectivity index (χ0n) is 12.4. The molecule has 23 heavy (non-hydrogen) atoms. The lowest BCUT2D eigenvalue weighted by molar-refractivity contribution is -0.364. The summed E-state index contributed by atoms with van der Waals surface area (Å²) < 4.78 is 0. The van der Waals surface area contributed by atoms with E-state index >= 15 is 0 Å². The highest BCUT2D eigenvalue weighted by molar-refractivity contribution is 7.80. The zero-order valence-corrected chi connectivity index (χ0v) is 14.8. The first-order valence-electron chi connectivity index (χ1n) is 7.35. The van der Waals surface area contributed by atoms with Gasteiger partial charge in [-0.1, -0.05) is 29.3 Å². The SMILES string of the molecule is S=C(Nc1cc(Cl)cc(Cl)c1)N1CCN(c2cccc[nH+]2)CC1. The molecular weight excluding hydrogens is 351 g/mol. The Bertz CT molecular complexity index is 667. The maximum atomic E-state index is 6.01. The Morgan fingerprint density at radius 1 is 1.04 bits per heavy atom. The van der Waals surface area contributed by atoms with E-state index in [9.17, 15) is 0 Å². The van der Waals surface area contributed by atoms with Crippen LogP contribution in [0.3, 0.4) is 0 Å². The van der Waals surface area contributed by atoms with Gasteiger partial charge in [-0.2, -0.15) is 0 Å². The number of pyridine rings is 1. The molecule has 0 atom stereocenters. The van der Waals surface area contributed by atoms with Crippen LogP contribution in [0, 0.1) is 0 Å². The number of aromatic amines is 1. The number of nitrogens with zero attached hydrogens (tertiary/aromatic N) is 2. The summed E-state index contributed by atoms with van der Waals surface area (Å²) in [6.07, 6.45) is 1.94. The van der Waals surface area contributed by atoms with E-state index in [1.165, 1.54) is 0 Å². The van der Waals surface area contributed by atoms with Crippen molar-refractivity contribution in [1.82, 2.24) is 4.90 Å². The number of piperazine rings is 1. The Labute approximate surface area is 151 Å². The van der Waals surface area contributed by atoms with Gasteiger partial charge < -0.3 is 10.2 Å². The maximum absolute atomic E-state index is 6.01. The number of halogens is 2. The highest BCUT2D eigenvalue weighted by Crippen LogP contribution is 2.23. The number of anilines is 2. The summed E-state index contributed by atoms with van der Waals surface area (Å²) in [5.41, 5.74) is 0.811. The molecule has 2 aromatic rings. The standard InChI is InChI=1S/C16H16Cl2N4S/c17-12-9-13(18)11-14(10-12)20-16(23)22-7-5-21(6-8-22)15-3-1-2-4-19-15/h1-4,9-11H,5-8H2,(H,20,23)/p+1. The van der Waals surface area contributed by atoms with Gasteiger partial charge in [0.2, 0.25) is 0 Å². The largest absolute Gasteiger partial charge is 0.341 e. The number of H-pyrrole nitrogens is 1. The van der Waals surface area contributed by atoms with Crippen molar-refractivity contribution in [3.05, 3.63) is 52.6 Å². The molecule has 0 radical (unpaired) electrons. The molecule has 1 aromatic heterocycles. The molecule has 3 rings (SSSR count). The van der Waals surface area contributed by atoms with E-state index in [1.807, 2.05) is 30.5 Å². The van der Waals surface area contributed by atoms with Crippen molar-refractivity contribution in [1.29, 1.82) is 0 Å². The topological polar surface area (TPSA) is 32.6 Å². The van der Waals surface area contributed by atoms with Crippen molar-refractivity contribution in [3.63, 3.8) is 0 Å². The molecule has 0 amide bonds. The summed E-state index contributed by atoms with van der Waals surface area (Å²) in [5, 5.41) is 5.08. The van der Waals surface area contributed by atoms with Crippen molar-refractivity contribution >= 4 is 52.0 Å². The Balaban J connectivity index is 1.58. The van der Waals surface area contributed by atoms with Crippen LogP contribution in [0.1, 0.15) is 0 Å². The van der Waals surface area contributed by atoms with Crippen molar-refractivity contribution < 1.29 is 4.98 Å². The van der Waals surface area contributed by atoms with E-state index in [4.69, 9.17) is 35.4 Å². The van der Waals surface area contributed by atoms with Gasteiger partial charge in [0.05, 0.1) is 19.3 Å². The summed E-state index contributed by atoms with van der Waals surface area (Å²) in [6.45, 7) is 3.56. The number of thiocarbonyl (C=S) groups is 1. The van der Waals surface area contributed by atoms with Gasteiger partial charge in [0.25, 0.3) is 5.82 Å². The first kappa shape index (κ1) is 16.3. The van der Waals surface area contributed by atoms with Crippen LogP contribution in [0.15, 0.2) is 42.6 Å². The second-order valence-electron chi connectivity index (χ2n) is 5.31. The Morgan fingerprint density at radius 2 is 1.74 bits per heavy atom. The molecule has 1 aliphatic heterocycles. The van der Waals surface area contributed by atoms with E-state index in [0.29, 0.717) is 15.2 Å². The lowest BCUT2D eigenvalue weighted by Gasteiger charge is -2.32. The molecule has 0 unspecified atom stereocenters. The molecule has 1 saturated heterocycles. The molecule has 1 aromatic carbocycles. The van der Waals surface area contributed by atoms with Gasteiger partial charge in [0, 0.05) is 21.8 Å². The lowest BCUT2D eigenvalue weighted by Crippen LogP contribution is -2.51. The normalized spacial score (nSPS) is 14.7. The first-order valence-corrected chi connectivity index (χ1v) is 8.52. The van der Waals surface area contributed by atoms with E-state index < -0.39 is 0 Å². The molecular formula is C16H17Cl2N4S+. The molecule has 4 nitrogen and oxygen atoms in total. The van der Waals surface area contributed by atoms with Crippen molar-refractivity contribution in [2.45, 2.75) is 0 Å². The molecule has 120 valence electrons. The van der Waals surface area contributed by atoms with Crippen LogP contribution < -0.4 is 15.2 Å². The van der Waals surface area contributed by atoms with Crippen LogP contribution in [-0.4, -0.2) is 36.2 Å². The lowest BCUT2D eigenvalue weighted by atomic mass is 10.3. The van der Waals surface area contributed by atoms with Crippen molar-refractivity contribution in [3.8, 4) is 0 Å². The number of nitrogens with one attached hydrogen (secondary N) is 2. The smallest absolute Gasteiger partial charge is 0.274 e.